The van der Waals surface area contributed by atoms with E-state index in [2.05, 4.69) is 14.7 Å². The number of anilines is 2. The first-order valence-electron chi connectivity index (χ1n) is 14.1. The van der Waals surface area contributed by atoms with E-state index >= 15 is 4.39 Å². The summed E-state index contributed by atoms with van der Waals surface area (Å²) in [6.45, 7) is 0.866. The number of nitrogens with zero attached hydrogens (tertiary/aromatic N) is 4. The van der Waals surface area contributed by atoms with Gasteiger partial charge < -0.3 is 9.47 Å². The molecule has 5 rings (SSSR count). The molecule has 3 aromatic rings. The van der Waals surface area contributed by atoms with Crippen LogP contribution in [0.15, 0.2) is 36.5 Å². The van der Waals surface area contributed by atoms with Crippen LogP contribution in [-0.2, 0) is 14.3 Å². The highest BCUT2D eigenvalue weighted by molar-refractivity contribution is 7.14. The predicted octanol–water partition coefficient (Wildman–Crippen LogP) is 6.55. The third-order valence-electron chi connectivity index (χ3n) is 7.87. The first-order valence-corrected chi connectivity index (χ1v) is 14.9. The molecule has 0 spiro atoms. The van der Waals surface area contributed by atoms with Crippen molar-refractivity contribution < 1.29 is 32.2 Å². The van der Waals surface area contributed by atoms with Crippen molar-refractivity contribution in [3.63, 3.8) is 0 Å². The fourth-order valence-electron chi connectivity index (χ4n) is 5.54. The van der Waals surface area contributed by atoms with Crippen LogP contribution in [0, 0.1) is 17.0 Å². The lowest BCUT2D eigenvalue weighted by Gasteiger charge is -2.27. The van der Waals surface area contributed by atoms with Gasteiger partial charge in [-0.1, -0.05) is 18.3 Å². The molecule has 1 atom stereocenters. The fraction of sp³-hybridized carbons (Fsp3) is 0.467. The number of alkyl halides is 2. The van der Waals surface area contributed by atoms with Crippen molar-refractivity contribution in [2.24, 2.45) is 11.8 Å². The third-order valence-corrected chi connectivity index (χ3v) is 8.79. The van der Waals surface area contributed by atoms with Crippen molar-refractivity contribution in [3.05, 3.63) is 41.7 Å². The van der Waals surface area contributed by atoms with Crippen LogP contribution >= 0.6 is 11.3 Å². The molecular formula is C30H33F3N4O4S. The lowest BCUT2D eigenvalue weighted by atomic mass is 9.87. The zero-order chi connectivity index (χ0) is 29.8. The topological polar surface area (TPSA) is 84.9 Å². The summed E-state index contributed by atoms with van der Waals surface area (Å²) < 4.78 is 51.7. The Morgan fingerprint density at radius 1 is 1.21 bits per heavy atom. The van der Waals surface area contributed by atoms with E-state index in [9.17, 15) is 18.4 Å². The largest absolute Gasteiger partial charge is 0.435 e. The van der Waals surface area contributed by atoms with Crippen LogP contribution in [0.1, 0.15) is 45.4 Å². The molecule has 2 saturated heterocycles. The van der Waals surface area contributed by atoms with E-state index in [1.165, 1.54) is 17.0 Å². The van der Waals surface area contributed by atoms with Crippen LogP contribution in [0.2, 0.25) is 0 Å². The summed E-state index contributed by atoms with van der Waals surface area (Å²) in [7, 11) is 1.58. The van der Waals surface area contributed by atoms with Crippen LogP contribution in [0.3, 0.4) is 0 Å². The molecular weight excluding hydrogens is 569 g/mol. The minimum Gasteiger partial charge on any atom is -0.435 e. The number of aromatic nitrogens is 2. The number of carbonyl (C=O) groups is 2. The molecule has 0 saturated carbocycles. The molecule has 4 heterocycles. The van der Waals surface area contributed by atoms with E-state index in [1.54, 1.807) is 36.3 Å². The molecule has 1 aromatic carbocycles. The van der Waals surface area contributed by atoms with Gasteiger partial charge in [0, 0.05) is 56.5 Å². The maximum absolute atomic E-state index is 15.5. The highest BCUT2D eigenvalue weighted by atomic mass is 32.1. The number of carbonyl (C=O) groups excluding carboxylic acids is 2. The zero-order valence-corrected chi connectivity index (χ0v) is 24.3. The minimum absolute atomic E-state index is 0.00162. The third kappa shape index (κ3) is 6.59. The average Bonchev–Trinajstić information content (AvgIpc) is 3.60. The summed E-state index contributed by atoms with van der Waals surface area (Å²) >= 11 is 0.721. The maximum atomic E-state index is 15.5. The van der Waals surface area contributed by atoms with Gasteiger partial charge in [0.05, 0.1) is 0 Å². The van der Waals surface area contributed by atoms with E-state index < -0.39 is 11.7 Å². The van der Waals surface area contributed by atoms with Gasteiger partial charge in [-0.25, -0.2) is 9.97 Å². The van der Waals surface area contributed by atoms with Gasteiger partial charge in [-0.3, -0.25) is 19.4 Å². The molecule has 2 aromatic heterocycles. The van der Waals surface area contributed by atoms with E-state index in [4.69, 9.17) is 4.74 Å². The Bertz CT molecular complexity index is 1410. The van der Waals surface area contributed by atoms with Crippen LogP contribution in [0.4, 0.5) is 24.1 Å². The first kappa shape index (κ1) is 30.0. The SMILES string of the molecule is CC[C@H](CC1CCOCC1)C(=O)N(C)c1nc(-c2cc(OC(F)F)ccc2-c2ccc(N3CCCC3=O)nc2)c(F)s1. The van der Waals surface area contributed by atoms with Gasteiger partial charge in [0.15, 0.2) is 5.13 Å². The standard InChI is InChI=1S/C30H33F3N4O4S/c1-3-19(15-18-10-13-40-14-11-18)28(39)36(2)30-35-26(27(31)42-30)23-16-21(41-29(32)33)7-8-22(23)20-6-9-24(34-17-20)37-12-4-5-25(37)38/h6-9,16-19,29H,3-5,10-15H2,1-2H3/t19-/m1/s1. The Balaban J connectivity index is 1.45. The molecule has 8 nitrogen and oxygen atoms in total. The molecule has 12 heteroatoms. The number of hydrogen-bond donors (Lipinski definition) is 0. The molecule has 42 heavy (non-hydrogen) atoms. The van der Waals surface area contributed by atoms with E-state index in [0.29, 0.717) is 55.5 Å². The minimum atomic E-state index is -3.07. The molecule has 0 N–H and O–H groups in total. The molecule has 0 aliphatic carbocycles. The van der Waals surface area contributed by atoms with Crippen molar-refractivity contribution in [2.45, 2.75) is 52.1 Å². The number of pyridine rings is 1. The van der Waals surface area contributed by atoms with E-state index in [0.717, 1.165) is 37.0 Å². The lowest BCUT2D eigenvalue weighted by molar-refractivity contribution is -0.123. The van der Waals surface area contributed by atoms with Crippen LogP contribution in [-0.4, -0.2) is 55.2 Å². The Morgan fingerprint density at radius 2 is 2.00 bits per heavy atom. The Labute approximate surface area is 246 Å². The van der Waals surface area contributed by atoms with Gasteiger partial charge in [-0.2, -0.15) is 13.2 Å². The van der Waals surface area contributed by atoms with Gasteiger partial charge in [0.25, 0.3) is 0 Å². The predicted molar refractivity (Wildman–Crippen MR) is 154 cm³/mol. The molecule has 2 aliphatic rings. The summed E-state index contributed by atoms with van der Waals surface area (Å²) in [5.41, 5.74) is 1.19. The van der Waals surface area contributed by atoms with E-state index in [-0.39, 0.29) is 39.9 Å². The van der Waals surface area contributed by atoms with Crippen LogP contribution < -0.4 is 14.5 Å². The summed E-state index contributed by atoms with van der Waals surface area (Å²) in [4.78, 5) is 37.5. The quantitative estimate of drug-likeness (QED) is 0.262. The van der Waals surface area contributed by atoms with Crippen molar-refractivity contribution >= 4 is 34.1 Å². The van der Waals surface area contributed by atoms with Gasteiger partial charge in [-0.15, -0.1) is 0 Å². The number of ether oxygens (including phenoxy) is 2. The first-order chi connectivity index (χ1) is 20.2. The molecule has 2 fully saturated rings. The number of hydrogen-bond acceptors (Lipinski definition) is 7. The van der Waals surface area contributed by atoms with Gasteiger partial charge in [0.2, 0.25) is 16.9 Å². The zero-order valence-electron chi connectivity index (χ0n) is 23.5. The summed E-state index contributed by atoms with van der Waals surface area (Å²) in [5.74, 6) is 0.368. The van der Waals surface area contributed by atoms with Gasteiger partial charge >= 0.3 is 6.61 Å². The average molecular weight is 603 g/mol. The van der Waals surface area contributed by atoms with Crippen molar-refractivity contribution in [3.8, 4) is 28.1 Å². The maximum Gasteiger partial charge on any atom is 0.387 e. The fourth-order valence-corrected chi connectivity index (χ4v) is 6.31. The highest BCUT2D eigenvalue weighted by Gasteiger charge is 2.29. The Kier molecular flexibility index (Phi) is 9.42. The number of amides is 2. The van der Waals surface area contributed by atoms with Gasteiger partial charge in [0.1, 0.15) is 17.3 Å². The molecule has 0 bridgehead atoms. The lowest BCUT2D eigenvalue weighted by Crippen LogP contribution is -2.34. The molecule has 0 unspecified atom stereocenters. The van der Waals surface area contributed by atoms with Crippen molar-refractivity contribution in [2.75, 3.05) is 36.6 Å². The Hall–Kier alpha value is -3.51. The smallest absolute Gasteiger partial charge is 0.387 e. The van der Waals surface area contributed by atoms with Crippen LogP contribution in [0.5, 0.6) is 5.75 Å². The Morgan fingerprint density at radius 3 is 2.64 bits per heavy atom. The van der Waals surface area contributed by atoms with Crippen molar-refractivity contribution in [1.29, 1.82) is 0 Å². The summed E-state index contributed by atoms with van der Waals surface area (Å²) in [6.07, 6.45) is 5.97. The monoisotopic (exact) mass is 602 g/mol. The molecule has 2 amide bonds. The highest BCUT2D eigenvalue weighted by Crippen LogP contribution is 2.40. The number of thiazole rings is 1. The number of halogens is 3. The second-order valence-electron chi connectivity index (χ2n) is 10.6. The summed E-state index contributed by atoms with van der Waals surface area (Å²) in [5, 5.41) is -0.491. The van der Waals surface area contributed by atoms with E-state index in [1.807, 2.05) is 6.92 Å². The normalized spacial score (nSPS) is 16.7. The number of benzene rings is 1. The van der Waals surface area contributed by atoms with Gasteiger partial charge in [-0.05, 0) is 73.9 Å². The summed E-state index contributed by atoms with van der Waals surface area (Å²) in [6, 6.07) is 7.65. The molecule has 224 valence electrons. The van der Waals surface area contributed by atoms with Crippen LogP contribution in [0.25, 0.3) is 22.4 Å². The molecule has 2 aliphatic heterocycles. The second kappa shape index (κ2) is 13.2. The second-order valence-corrected chi connectivity index (χ2v) is 11.5. The van der Waals surface area contributed by atoms with Crippen molar-refractivity contribution in [1.82, 2.24) is 9.97 Å². The molecule has 0 radical (unpaired) electrons. The number of rotatable bonds is 10.